The second-order valence-electron chi connectivity index (χ2n) is 2.25. The van der Waals surface area contributed by atoms with Gasteiger partial charge in [0.05, 0.1) is 4.58 Å². The molecule has 1 aromatic carbocycles. The van der Waals surface area contributed by atoms with E-state index in [0.29, 0.717) is 4.58 Å². The Bertz CT molecular complexity index is 220. The van der Waals surface area contributed by atoms with Gasteiger partial charge < -0.3 is 0 Å². The molecule has 0 saturated carbocycles. The first-order valence-corrected chi connectivity index (χ1v) is 5.04. The van der Waals surface area contributed by atoms with Gasteiger partial charge in [-0.25, -0.2) is 0 Å². The van der Waals surface area contributed by atoms with Crippen LogP contribution in [0.5, 0.6) is 0 Å². The summed E-state index contributed by atoms with van der Waals surface area (Å²) in [6.07, 6.45) is 0. The average Bonchev–Trinajstić information content (AvgIpc) is 2.27. The lowest BCUT2D eigenvalue weighted by Crippen LogP contribution is -1.75. The van der Waals surface area contributed by atoms with Crippen molar-refractivity contribution in [2.75, 3.05) is 0 Å². The van der Waals surface area contributed by atoms with Crippen LogP contribution in [0, 0.1) is 0 Å². The van der Waals surface area contributed by atoms with E-state index in [9.17, 15) is 0 Å². The Morgan fingerprint density at radius 2 is 1.60 bits per heavy atom. The Kier molecular flexibility index (Phi) is 1.66. The Morgan fingerprint density at radius 3 is 2.10 bits per heavy atom. The van der Waals surface area contributed by atoms with Gasteiger partial charge in [0.2, 0.25) is 0 Å². The molecular weight excluding hydrogens is 160 g/mol. The summed E-state index contributed by atoms with van der Waals surface area (Å²) in [5, 5.41) is 0. The standard InChI is InChI=1S/C8H8S2/c1-6-9-7-4-2-3-5-8(7)10-6/h2-6H,1H3. The SMILES string of the molecule is CC1Sc2ccccc2S1. The maximum absolute atomic E-state index is 2.25. The minimum absolute atomic E-state index is 0.706. The maximum Gasteiger partial charge on any atom is 0.0569 e. The number of thioether (sulfide) groups is 2. The smallest absolute Gasteiger partial charge is 0.0569 e. The molecule has 0 saturated heterocycles. The summed E-state index contributed by atoms with van der Waals surface area (Å²) in [7, 11) is 0. The van der Waals surface area contributed by atoms with E-state index in [1.807, 2.05) is 23.5 Å². The maximum atomic E-state index is 2.25. The van der Waals surface area contributed by atoms with Crippen LogP contribution in [0.4, 0.5) is 0 Å². The fourth-order valence-corrected chi connectivity index (χ4v) is 3.53. The molecule has 1 heterocycles. The summed E-state index contributed by atoms with van der Waals surface area (Å²) in [5.74, 6) is 0. The summed E-state index contributed by atoms with van der Waals surface area (Å²) in [4.78, 5) is 2.89. The van der Waals surface area contributed by atoms with Crippen LogP contribution in [0.1, 0.15) is 6.92 Å². The topological polar surface area (TPSA) is 0 Å². The van der Waals surface area contributed by atoms with Crippen LogP contribution < -0.4 is 0 Å². The van der Waals surface area contributed by atoms with Crippen LogP contribution >= 0.6 is 23.5 Å². The Balaban J connectivity index is 2.42. The second-order valence-corrected chi connectivity index (χ2v) is 5.31. The molecule has 1 aliphatic rings. The molecular formula is C8H8S2. The molecule has 0 bridgehead atoms. The van der Waals surface area contributed by atoms with Gasteiger partial charge in [0, 0.05) is 9.79 Å². The third-order valence-corrected chi connectivity index (χ3v) is 4.03. The normalized spacial score (nSPS) is 17.3. The van der Waals surface area contributed by atoms with Crippen molar-refractivity contribution in [2.24, 2.45) is 0 Å². The van der Waals surface area contributed by atoms with E-state index < -0.39 is 0 Å². The molecule has 2 rings (SSSR count). The first-order valence-electron chi connectivity index (χ1n) is 3.28. The van der Waals surface area contributed by atoms with E-state index in [0.717, 1.165) is 0 Å². The quantitative estimate of drug-likeness (QED) is 0.583. The first kappa shape index (κ1) is 6.62. The number of hydrogen-bond acceptors (Lipinski definition) is 2. The molecule has 2 heteroatoms. The molecule has 0 amide bonds. The third kappa shape index (κ3) is 1.06. The van der Waals surface area contributed by atoms with Gasteiger partial charge in [0.1, 0.15) is 0 Å². The monoisotopic (exact) mass is 168 g/mol. The van der Waals surface area contributed by atoms with E-state index in [4.69, 9.17) is 0 Å². The lowest BCUT2D eigenvalue weighted by atomic mass is 10.4. The van der Waals surface area contributed by atoms with Crippen molar-refractivity contribution in [3.63, 3.8) is 0 Å². The summed E-state index contributed by atoms with van der Waals surface area (Å²) in [6, 6.07) is 8.59. The van der Waals surface area contributed by atoms with E-state index in [-0.39, 0.29) is 0 Å². The number of fused-ring (bicyclic) bond motifs is 1. The largest absolute Gasteiger partial charge is 0.111 e. The van der Waals surface area contributed by atoms with Crippen molar-refractivity contribution < 1.29 is 0 Å². The minimum Gasteiger partial charge on any atom is -0.111 e. The van der Waals surface area contributed by atoms with Gasteiger partial charge >= 0.3 is 0 Å². The van der Waals surface area contributed by atoms with Crippen LogP contribution in [0.15, 0.2) is 34.1 Å². The highest BCUT2D eigenvalue weighted by Crippen LogP contribution is 2.46. The van der Waals surface area contributed by atoms with Crippen LogP contribution in [-0.4, -0.2) is 4.58 Å². The Labute approximate surface area is 69.4 Å². The van der Waals surface area contributed by atoms with Gasteiger partial charge in [-0.15, -0.1) is 23.5 Å². The van der Waals surface area contributed by atoms with E-state index in [1.165, 1.54) is 9.79 Å². The fraction of sp³-hybridized carbons (Fsp3) is 0.250. The molecule has 10 heavy (non-hydrogen) atoms. The Hall–Kier alpha value is -0.0800. The summed E-state index contributed by atoms with van der Waals surface area (Å²) in [6.45, 7) is 2.25. The van der Waals surface area contributed by atoms with Gasteiger partial charge in [-0.05, 0) is 19.1 Å². The van der Waals surface area contributed by atoms with E-state index in [2.05, 4.69) is 31.2 Å². The molecule has 0 aliphatic carbocycles. The van der Waals surface area contributed by atoms with Crippen molar-refractivity contribution in [2.45, 2.75) is 21.3 Å². The van der Waals surface area contributed by atoms with E-state index in [1.54, 1.807) is 0 Å². The zero-order valence-electron chi connectivity index (χ0n) is 5.70. The summed E-state index contributed by atoms with van der Waals surface area (Å²) >= 11 is 3.91. The third-order valence-electron chi connectivity index (χ3n) is 1.44. The molecule has 0 N–H and O–H groups in total. The van der Waals surface area contributed by atoms with E-state index >= 15 is 0 Å². The predicted molar refractivity (Wildman–Crippen MR) is 47.6 cm³/mol. The van der Waals surface area contributed by atoms with Gasteiger partial charge in [0.15, 0.2) is 0 Å². The van der Waals surface area contributed by atoms with Crippen molar-refractivity contribution in [3.8, 4) is 0 Å². The van der Waals surface area contributed by atoms with Crippen molar-refractivity contribution in [1.29, 1.82) is 0 Å². The molecule has 0 spiro atoms. The van der Waals surface area contributed by atoms with Crippen LogP contribution in [-0.2, 0) is 0 Å². The predicted octanol–water partition coefficient (Wildman–Crippen LogP) is 3.23. The Morgan fingerprint density at radius 1 is 1.10 bits per heavy atom. The van der Waals surface area contributed by atoms with Crippen LogP contribution in [0.3, 0.4) is 0 Å². The molecule has 0 atom stereocenters. The molecule has 52 valence electrons. The summed E-state index contributed by atoms with van der Waals surface area (Å²) in [5.41, 5.74) is 0. The van der Waals surface area contributed by atoms with Crippen molar-refractivity contribution in [3.05, 3.63) is 24.3 Å². The fourth-order valence-electron chi connectivity index (χ4n) is 1.03. The average molecular weight is 168 g/mol. The second kappa shape index (κ2) is 2.51. The first-order chi connectivity index (χ1) is 4.86. The lowest BCUT2D eigenvalue weighted by molar-refractivity contribution is 1.27. The minimum atomic E-state index is 0.706. The molecule has 0 unspecified atom stereocenters. The van der Waals surface area contributed by atoms with Gasteiger partial charge in [-0.3, -0.25) is 0 Å². The molecule has 0 nitrogen and oxygen atoms in total. The number of benzene rings is 1. The van der Waals surface area contributed by atoms with Crippen molar-refractivity contribution in [1.82, 2.24) is 0 Å². The zero-order valence-corrected chi connectivity index (χ0v) is 7.34. The molecule has 1 aromatic rings. The molecule has 1 aliphatic heterocycles. The highest BCUT2D eigenvalue weighted by Gasteiger charge is 2.17. The van der Waals surface area contributed by atoms with Crippen LogP contribution in [0.25, 0.3) is 0 Å². The van der Waals surface area contributed by atoms with Gasteiger partial charge in [-0.1, -0.05) is 12.1 Å². The summed E-state index contributed by atoms with van der Waals surface area (Å²) < 4.78 is 0.706. The molecule has 0 fully saturated rings. The highest BCUT2D eigenvalue weighted by molar-refractivity contribution is 8.19. The van der Waals surface area contributed by atoms with Gasteiger partial charge in [-0.2, -0.15) is 0 Å². The van der Waals surface area contributed by atoms with Gasteiger partial charge in [0.25, 0.3) is 0 Å². The highest BCUT2D eigenvalue weighted by atomic mass is 32.2. The molecule has 0 radical (unpaired) electrons. The van der Waals surface area contributed by atoms with Crippen LogP contribution in [0.2, 0.25) is 0 Å². The van der Waals surface area contributed by atoms with Crippen molar-refractivity contribution >= 4 is 23.5 Å². The number of rotatable bonds is 0. The number of hydrogen-bond donors (Lipinski definition) is 0. The lowest BCUT2D eigenvalue weighted by Gasteiger charge is -1.92. The zero-order chi connectivity index (χ0) is 6.97. The molecule has 0 aromatic heterocycles.